The third kappa shape index (κ3) is 4.97. The molecule has 3 aromatic rings. The van der Waals surface area contributed by atoms with E-state index >= 15 is 0 Å². The van der Waals surface area contributed by atoms with E-state index in [1.165, 1.54) is 16.8 Å². The molecule has 8 heteroatoms. The molecule has 2 aromatic carbocycles. The zero-order valence-electron chi connectivity index (χ0n) is 17.6. The lowest BCUT2D eigenvalue weighted by atomic mass is 10.1. The summed E-state index contributed by atoms with van der Waals surface area (Å²) in [5.41, 5.74) is 1.48. The molecule has 1 aliphatic heterocycles. The molecular formula is C23H27N3O3S2. The Kier molecular flexibility index (Phi) is 6.69. The monoisotopic (exact) mass is 457 g/mol. The summed E-state index contributed by atoms with van der Waals surface area (Å²) in [5.74, 6) is -0.195. The van der Waals surface area contributed by atoms with Crippen LogP contribution in [0.4, 0.5) is 0 Å². The Labute approximate surface area is 187 Å². The lowest BCUT2D eigenvalue weighted by Gasteiger charge is -2.32. The SMILES string of the molecule is CC1CCCCN1S(=O)(=O)c1ccc(C(=O)NCCCc2nc3ccccc3s2)cc1. The third-order valence-electron chi connectivity index (χ3n) is 5.66. The second kappa shape index (κ2) is 9.46. The first kappa shape index (κ1) is 21.9. The maximum atomic E-state index is 12.9. The number of fused-ring (bicyclic) bond motifs is 1. The van der Waals surface area contributed by atoms with E-state index in [1.807, 2.05) is 25.1 Å². The van der Waals surface area contributed by atoms with Gasteiger partial charge in [0.05, 0.1) is 20.1 Å². The van der Waals surface area contributed by atoms with E-state index < -0.39 is 10.0 Å². The van der Waals surface area contributed by atoms with Crippen LogP contribution in [0.25, 0.3) is 10.2 Å². The Hall–Kier alpha value is -2.29. The number of piperidine rings is 1. The van der Waals surface area contributed by atoms with Gasteiger partial charge in [-0.2, -0.15) is 4.31 Å². The standard InChI is InChI=1S/C23H27N3O3S2/c1-17-7-4-5-16-26(17)31(28,29)19-13-11-18(12-14-19)23(27)24-15-6-10-22-25-20-8-2-3-9-21(20)30-22/h2-3,8-9,11-14,17H,4-7,10,15-16H2,1H3,(H,24,27). The van der Waals surface area contributed by atoms with Crippen molar-refractivity contribution >= 4 is 37.5 Å². The Morgan fingerprint density at radius 3 is 2.68 bits per heavy atom. The lowest BCUT2D eigenvalue weighted by Crippen LogP contribution is -2.41. The van der Waals surface area contributed by atoms with Gasteiger partial charge in [0.2, 0.25) is 10.0 Å². The van der Waals surface area contributed by atoms with E-state index in [2.05, 4.69) is 16.4 Å². The van der Waals surface area contributed by atoms with E-state index in [9.17, 15) is 13.2 Å². The predicted molar refractivity (Wildman–Crippen MR) is 124 cm³/mol. The minimum absolute atomic E-state index is 0.0113. The van der Waals surface area contributed by atoms with Crippen LogP contribution in [-0.2, 0) is 16.4 Å². The molecule has 1 saturated heterocycles. The van der Waals surface area contributed by atoms with Crippen molar-refractivity contribution in [3.05, 3.63) is 59.1 Å². The second-order valence-electron chi connectivity index (χ2n) is 7.92. The summed E-state index contributed by atoms with van der Waals surface area (Å²) in [7, 11) is -3.52. The van der Waals surface area contributed by atoms with Crippen LogP contribution in [0.5, 0.6) is 0 Å². The summed E-state index contributed by atoms with van der Waals surface area (Å²) in [6, 6.07) is 14.3. The van der Waals surface area contributed by atoms with Gasteiger partial charge in [-0.15, -0.1) is 11.3 Å². The number of hydrogen-bond acceptors (Lipinski definition) is 5. The van der Waals surface area contributed by atoms with Gasteiger partial charge in [-0.05, 0) is 62.6 Å². The van der Waals surface area contributed by atoms with Crippen LogP contribution < -0.4 is 5.32 Å². The molecule has 1 N–H and O–H groups in total. The maximum absolute atomic E-state index is 12.9. The first-order valence-corrected chi connectivity index (χ1v) is 13.0. The van der Waals surface area contributed by atoms with Gasteiger partial charge in [0, 0.05) is 31.1 Å². The van der Waals surface area contributed by atoms with E-state index in [1.54, 1.807) is 27.8 Å². The third-order valence-corrected chi connectivity index (χ3v) is 8.78. The van der Waals surface area contributed by atoms with Crippen LogP contribution in [0.1, 0.15) is 48.0 Å². The largest absolute Gasteiger partial charge is 0.352 e. The van der Waals surface area contributed by atoms with Crippen molar-refractivity contribution < 1.29 is 13.2 Å². The summed E-state index contributed by atoms with van der Waals surface area (Å²) in [6.07, 6.45) is 4.44. The normalized spacial score (nSPS) is 17.6. The first-order valence-electron chi connectivity index (χ1n) is 10.7. The zero-order chi connectivity index (χ0) is 21.8. The molecule has 1 amide bonds. The van der Waals surface area contributed by atoms with Crippen LogP contribution in [0, 0.1) is 0 Å². The molecule has 1 fully saturated rings. The number of benzene rings is 2. The molecular weight excluding hydrogens is 430 g/mol. The van der Waals surface area contributed by atoms with E-state index in [-0.39, 0.29) is 16.8 Å². The molecule has 31 heavy (non-hydrogen) atoms. The van der Waals surface area contributed by atoms with Gasteiger partial charge < -0.3 is 5.32 Å². The summed E-state index contributed by atoms with van der Waals surface area (Å²) in [4.78, 5) is 17.3. The summed E-state index contributed by atoms with van der Waals surface area (Å²) in [6.45, 7) is 3.05. The molecule has 1 unspecified atom stereocenters. The highest BCUT2D eigenvalue weighted by molar-refractivity contribution is 7.89. The maximum Gasteiger partial charge on any atom is 0.251 e. The molecule has 2 heterocycles. The van der Waals surface area contributed by atoms with Gasteiger partial charge in [-0.25, -0.2) is 13.4 Å². The fourth-order valence-electron chi connectivity index (χ4n) is 3.91. The Bertz CT molecular complexity index is 1120. The van der Waals surface area contributed by atoms with Gasteiger partial charge in [-0.3, -0.25) is 4.79 Å². The summed E-state index contributed by atoms with van der Waals surface area (Å²) < 4.78 is 28.6. The van der Waals surface area contributed by atoms with Crippen molar-refractivity contribution in [1.29, 1.82) is 0 Å². The molecule has 0 aliphatic carbocycles. The average Bonchev–Trinajstić information content (AvgIpc) is 3.20. The Balaban J connectivity index is 1.30. The minimum Gasteiger partial charge on any atom is -0.352 e. The quantitative estimate of drug-likeness (QED) is 0.539. The van der Waals surface area contributed by atoms with Crippen LogP contribution in [-0.4, -0.2) is 42.7 Å². The number of aromatic nitrogens is 1. The molecule has 0 bridgehead atoms. The topological polar surface area (TPSA) is 79.4 Å². The van der Waals surface area contributed by atoms with E-state index in [0.717, 1.165) is 42.6 Å². The minimum atomic E-state index is -3.52. The molecule has 1 aromatic heterocycles. The van der Waals surface area contributed by atoms with Crippen LogP contribution in [0.2, 0.25) is 0 Å². The number of aryl methyl sites for hydroxylation is 1. The van der Waals surface area contributed by atoms with Gasteiger partial charge in [0.1, 0.15) is 0 Å². The van der Waals surface area contributed by atoms with Gasteiger partial charge in [0.25, 0.3) is 5.91 Å². The molecule has 0 radical (unpaired) electrons. The summed E-state index contributed by atoms with van der Waals surface area (Å²) in [5, 5.41) is 3.98. The van der Waals surface area contributed by atoms with Crippen molar-refractivity contribution in [3.63, 3.8) is 0 Å². The Morgan fingerprint density at radius 1 is 1.16 bits per heavy atom. The van der Waals surface area contributed by atoms with Crippen LogP contribution in [0.3, 0.4) is 0 Å². The van der Waals surface area contributed by atoms with Gasteiger partial charge in [0.15, 0.2) is 0 Å². The fraction of sp³-hybridized carbons (Fsp3) is 0.391. The van der Waals surface area contributed by atoms with Crippen LogP contribution >= 0.6 is 11.3 Å². The predicted octanol–water partition coefficient (Wildman–Crippen LogP) is 4.22. The van der Waals surface area contributed by atoms with E-state index in [4.69, 9.17) is 0 Å². The molecule has 4 rings (SSSR count). The highest BCUT2D eigenvalue weighted by Crippen LogP contribution is 2.25. The molecule has 1 aliphatic rings. The zero-order valence-corrected chi connectivity index (χ0v) is 19.2. The molecule has 164 valence electrons. The second-order valence-corrected chi connectivity index (χ2v) is 10.9. The Morgan fingerprint density at radius 2 is 1.94 bits per heavy atom. The number of para-hydroxylation sites is 1. The first-order chi connectivity index (χ1) is 14.9. The highest BCUT2D eigenvalue weighted by atomic mass is 32.2. The molecule has 1 atom stereocenters. The number of nitrogens with zero attached hydrogens (tertiary/aromatic N) is 2. The number of carbonyl (C=O) groups excluding carboxylic acids is 1. The smallest absolute Gasteiger partial charge is 0.251 e. The number of carbonyl (C=O) groups is 1. The van der Waals surface area contributed by atoms with E-state index in [0.29, 0.717) is 18.7 Å². The fourth-order valence-corrected chi connectivity index (χ4v) is 6.62. The molecule has 0 spiro atoms. The lowest BCUT2D eigenvalue weighted by molar-refractivity contribution is 0.0953. The van der Waals surface area contributed by atoms with Crippen molar-refractivity contribution in [2.45, 2.75) is 50.0 Å². The summed E-state index contributed by atoms with van der Waals surface area (Å²) >= 11 is 1.68. The number of rotatable bonds is 7. The van der Waals surface area contributed by atoms with Gasteiger partial charge in [-0.1, -0.05) is 18.6 Å². The van der Waals surface area contributed by atoms with Crippen molar-refractivity contribution in [3.8, 4) is 0 Å². The van der Waals surface area contributed by atoms with Crippen LogP contribution in [0.15, 0.2) is 53.4 Å². The number of amides is 1. The highest BCUT2D eigenvalue weighted by Gasteiger charge is 2.30. The van der Waals surface area contributed by atoms with Crippen molar-refractivity contribution in [1.82, 2.24) is 14.6 Å². The number of thiazole rings is 1. The van der Waals surface area contributed by atoms with Crippen molar-refractivity contribution in [2.24, 2.45) is 0 Å². The molecule has 0 saturated carbocycles. The molecule has 6 nitrogen and oxygen atoms in total. The average molecular weight is 458 g/mol. The van der Waals surface area contributed by atoms with Crippen molar-refractivity contribution in [2.75, 3.05) is 13.1 Å². The number of sulfonamides is 1. The number of nitrogens with one attached hydrogen (secondary N) is 1. The number of hydrogen-bond donors (Lipinski definition) is 1. The van der Waals surface area contributed by atoms with Gasteiger partial charge >= 0.3 is 0 Å².